The first-order valence-electron chi connectivity index (χ1n) is 3.41. The smallest absolute Gasteiger partial charge is 0.176 e. The van der Waals surface area contributed by atoms with Crippen molar-refractivity contribution in [3.05, 3.63) is 21.8 Å². The maximum Gasteiger partial charge on any atom is 0.176 e. The first kappa shape index (κ1) is 10.6. The second-order valence-corrected chi connectivity index (χ2v) is 5.69. The third-order valence-electron chi connectivity index (χ3n) is 1.50. The van der Waals surface area contributed by atoms with Gasteiger partial charge in [0.25, 0.3) is 0 Å². The molecule has 0 aromatic heterocycles. The molecule has 70 valence electrons. The summed E-state index contributed by atoms with van der Waals surface area (Å²) in [6.07, 6.45) is 1.18. The van der Waals surface area contributed by atoms with E-state index in [1.807, 2.05) is 22.6 Å². The predicted octanol–water partition coefficient (Wildman–Crippen LogP) is 2.03. The highest BCUT2D eigenvalue weighted by atomic mass is 127. The van der Waals surface area contributed by atoms with Crippen LogP contribution in [0.4, 0.5) is 5.69 Å². The molecule has 13 heavy (non-hydrogen) atoms. The van der Waals surface area contributed by atoms with E-state index < -0.39 is 9.84 Å². The molecular formula is C8H8INO2S. The molecule has 1 rings (SSSR count). The van der Waals surface area contributed by atoms with Crippen molar-refractivity contribution in [2.75, 3.05) is 6.26 Å². The van der Waals surface area contributed by atoms with E-state index in [1.165, 1.54) is 12.3 Å². The van der Waals surface area contributed by atoms with Crippen molar-refractivity contribution in [3.63, 3.8) is 0 Å². The Morgan fingerprint density at radius 3 is 2.54 bits per heavy atom. The Labute approximate surface area is 90.9 Å². The number of halogens is 1. The molecule has 0 heterocycles. The Kier molecular flexibility index (Phi) is 3.07. The largest absolute Gasteiger partial charge is 0.265 e. The van der Waals surface area contributed by atoms with Crippen LogP contribution in [0.1, 0.15) is 0 Å². The van der Waals surface area contributed by atoms with Gasteiger partial charge in [-0.2, -0.15) is 0 Å². The molecule has 0 saturated carbocycles. The summed E-state index contributed by atoms with van der Waals surface area (Å²) < 4.78 is 23.2. The Balaban J connectivity index is 3.44. The molecule has 3 nitrogen and oxygen atoms in total. The molecule has 0 N–H and O–H groups in total. The van der Waals surface area contributed by atoms with Crippen LogP contribution in [0.15, 0.2) is 28.1 Å². The van der Waals surface area contributed by atoms with Crippen molar-refractivity contribution in [2.45, 2.75) is 4.90 Å². The predicted molar refractivity (Wildman–Crippen MR) is 61.5 cm³/mol. The highest BCUT2D eigenvalue weighted by Crippen LogP contribution is 2.23. The van der Waals surface area contributed by atoms with Gasteiger partial charge >= 0.3 is 0 Å². The van der Waals surface area contributed by atoms with E-state index in [9.17, 15) is 8.42 Å². The summed E-state index contributed by atoms with van der Waals surface area (Å²) in [6.45, 7) is 3.34. The van der Waals surface area contributed by atoms with E-state index in [-0.39, 0.29) is 0 Å². The molecule has 0 aliphatic carbocycles. The molecular weight excluding hydrogens is 301 g/mol. The second-order valence-electron chi connectivity index (χ2n) is 2.55. The summed E-state index contributed by atoms with van der Waals surface area (Å²) in [5, 5.41) is 0. The van der Waals surface area contributed by atoms with Gasteiger partial charge < -0.3 is 0 Å². The summed E-state index contributed by atoms with van der Waals surface area (Å²) in [6, 6.07) is 4.95. The highest BCUT2D eigenvalue weighted by molar-refractivity contribution is 14.1. The van der Waals surface area contributed by atoms with Crippen LogP contribution in [0.25, 0.3) is 0 Å². The van der Waals surface area contributed by atoms with Crippen molar-refractivity contribution in [3.8, 4) is 0 Å². The maximum atomic E-state index is 11.3. The molecule has 0 radical (unpaired) electrons. The highest BCUT2D eigenvalue weighted by Gasteiger charge is 2.11. The lowest BCUT2D eigenvalue weighted by molar-refractivity contribution is 0.601. The SMILES string of the molecule is C=Nc1ccc(I)c(S(C)(=O)=O)c1. The Morgan fingerprint density at radius 1 is 1.46 bits per heavy atom. The second kappa shape index (κ2) is 3.75. The lowest BCUT2D eigenvalue weighted by Gasteiger charge is -2.02. The normalized spacial score (nSPS) is 11.2. The molecule has 0 amide bonds. The van der Waals surface area contributed by atoms with Crippen LogP contribution in [0.5, 0.6) is 0 Å². The molecule has 5 heteroatoms. The molecule has 0 saturated heterocycles. The fraction of sp³-hybridized carbons (Fsp3) is 0.125. The van der Waals surface area contributed by atoms with Crippen LogP contribution in [0.3, 0.4) is 0 Å². The average Bonchev–Trinajstić information content (AvgIpc) is 2.03. The summed E-state index contributed by atoms with van der Waals surface area (Å²) in [5.41, 5.74) is 0.570. The fourth-order valence-corrected chi connectivity index (χ4v) is 3.17. The third-order valence-corrected chi connectivity index (χ3v) is 3.94. The van der Waals surface area contributed by atoms with Crippen LogP contribution in [-0.2, 0) is 9.84 Å². The van der Waals surface area contributed by atoms with E-state index in [0.717, 1.165) is 0 Å². The van der Waals surface area contributed by atoms with Crippen molar-refractivity contribution < 1.29 is 8.42 Å². The van der Waals surface area contributed by atoms with Crippen molar-refractivity contribution >= 4 is 44.8 Å². The maximum absolute atomic E-state index is 11.3. The number of sulfone groups is 1. The molecule has 0 unspecified atom stereocenters. The van der Waals surface area contributed by atoms with Crippen molar-refractivity contribution in [1.82, 2.24) is 0 Å². The van der Waals surface area contributed by atoms with Gasteiger partial charge in [-0.3, -0.25) is 4.99 Å². The van der Waals surface area contributed by atoms with E-state index in [2.05, 4.69) is 11.7 Å². The van der Waals surface area contributed by atoms with E-state index in [0.29, 0.717) is 14.2 Å². The summed E-state index contributed by atoms with van der Waals surface area (Å²) in [4.78, 5) is 3.97. The number of nitrogens with zero attached hydrogens (tertiary/aromatic N) is 1. The minimum Gasteiger partial charge on any atom is -0.265 e. The van der Waals surface area contributed by atoms with Crippen LogP contribution < -0.4 is 0 Å². The molecule has 1 aromatic carbocycles. The Morgan fingerprint density at radius 2 is 2.08 bits per heavy atom. The van der Waals surface area contributed by atoms with Gasteiger partial charge in [0.15, 0.2) is 9.84 Å². The van der Waals surface area contributed by atoms with Gasteiger partial charge in [0.2, 0.25) is 0 Å². The standard InChI is InChI=1S/C8H8INO2S/c1-10-6-3-4-7(9)8(5-6)13(2,11)12/h3-5H,1H2,2H3. The van der Waals surface area contributed by atoms with Crippen LogP contribution in [-0.4, -0.2) is 21.4 Å². The number of aliphatic imine (C=N–C) groups is 1. The monoisotopic (exact) mass is 309 g/mol. The zero-order chi connectivity index (χ0) is 10.1. The van der Waals surface area contributed by atoms with Gasteiger partial charge in [-0.05, 0) is 47.5 Å². The number of benzene rings is 1. The topological polar surface area (TPSA) is 46.5 Å². The van der Waals surface area contributed by atoms with Crippen LogP contribution >= 0.6 is 22.6 Å². The first-order chi connectivity index (χ1) is 5.95. The van der Waals surface area contributed by atoms with Crippen molar-refractivity contribution in [1.29, 1.82) is 0 Å². The van der Waals surface area contributed by atoms with E-state index >= 15 is 0 Å². The van der Waals surface area contributed by atoms with Crippen LogP contribution in [0, 0.1) is 3.57 Å². The number of hydrogen-bond acceptors (Lipinski definition) is 3. The average molecular weight is 309 g/mol. The quantitative estimate of drug-likeness (QED) is 0.620. The zero-order valence-electron chi connectivity index (χ0n) is 6.99. The fourth-order valence-electron chi connectivity index (χ4n) is 0.875. The van der Waals surface area contributed by atoms with Crippen molar-refractivity contribution in [2.24, 2.45) is 4.99 Å². The molecule has 0 aliphatic heterocycles. The van der Waals surface area contributed by atoms with Crippen LogP contribution in [0.2, 0.25) is 0 Å². The van der Waals surface area contributed by atoms with Gasteiger partial charge in [-0.25, -0.2) is 8.42 Å². The molecule has 0 aliphatic rings. The lowest BCUT2D eigenvalue weighted by Crippen LogP contribution is -1.99. The lowest BCUT2D eigenvalue weighted by atomic mass is 10.3. The number of rotatable bonds is 2. The molecule has 0 atom stereocenters. The first-order valence-corrected chi connectivity index (χ1v) is 6.38. The van der Waals surface area contributed by atoms with Gasteiger partial charge in [-0.15, -0.1) is 0 Å². The third kappa shape index (κ3) is 2.50. The van der Waals surface area contributed by atoms with Gasteiger partial charge in [-0.1, -0.05) is 0 Å². The summed E-state index contributed by atoms with van der Waals surface area (Å²) in [7, 11) is -3.16. The minimum atomic E-state index is -3.16. The minimum absolute atomic E-state index is 0.304. The Hall–Kier alpha value is -0.430. The number of hydrogen-bond donors (Lipinski definition) is 0. The Bertz CT molecular complexity index is 439. The zero-order valence-corrected chi connectivity index (χ0v) is 9.96. The van der Waals surface area contributed by atoms with Gasteiger partial charge in [0, 0.05) is 9.83 Å². The van der Waals surface area contributed by atoms with Gasteiger partial charge in [0.1, 0.15) is 0 Å². The molecule has 1 aromatic rings. The summed E-state index contributed by atoms with van der Waals surface area (Å²) >= 11 is 1.98. The van der Waals surface area contributed by atoms with E-state index in [4.69, 9.17) is 0 Å². The van der Waals surface area contributed by atoms with E-state index in [1.54, 1.807) is 12.1 Å². The summed E-state index contributed by atoms with van der Waals surface area (Å²) in [5.74, 6) is 0. The molecule has 0 bridgehead atoms. The van der Waals surface area contributed by atoms with Gasteiger partial charge in [0.05, 0.1) is 10.6 Å². The molecule has 0 spiro atoms. The molecule has 0 fully saturated rings.